The highest BCUT2D eigenvalue weighted by atomic mass is 16.5. The number of imide groups is 1. The summed E-state index contributed by atoms with van der Waals surface area (Å²) in [5, 5.41) is 5.48. The van der Waals surface area contributed by atoms with E-state index in [9.17, 15) is 14.4 Å². The Kier molecular flexibility index (Phi) is 3.79. The number of nitrogens with one attached hydrogen (secondary N) is 2. The van der Waals surface area contributed by atoms with Crippen LogP contribution >= 0.6 is 0 Å². The van der Waals surface area contributed by atoms with Crippen molar-refractivity contribution in [1.29, 1.82) is 0 Å². The molecule has 1 saturated heterocycles. The van der Waals surface area contributed by atoms with Crippen LogP contribution < -0.4 is 15.4 Å². The number of rotatable bonds is 4. The molecule has 0 radical (unpaired) electrons. The molecule has 0 spiro atoms. The molecule has 30 heavy (non-hydrogen) atoms. The minimum atomic E-state index is -1.58. The number of hydrogen-bond acceptors (Lipinski definition) is 7. The van der Waals surface area contributed by atoms with Crippen LogP contribution in [0, 0.1) is 6.92 Å². The minimum absolute atomic E-state index is 0.105. The molecule has 2 N–H and O–H groups in total. The third-order valence-corrected chi connectivity index (χ3v) is 5.38. The molecule has 2 aliphatic heterocycles. The Balaban J connectivity index is 1.55. The number of methoxy groups -OCH3 is 1. The van der Waals surface area contributed by atoms with E-state index in [-0.39, 0.29) is 18.2 Å². The Bertz CT molecular complexity index is 1240. The maximum Gasteiger partial charge on any atom is 0.322 e. The topological polar surface area (TPSA) is 127 Å². The van der Waals surface area contributed by atoms with E-state index in [0.717, 1.165) is 5.56 Å². The molecule has 1 unspecified atom stereocenters. The Hall–Kier alpha value is -3.95. The van der Waals surface area contributed by atoms with E-state index in [1.165, 1.54) is 12.0 Å². The molecule has 5 rings (SSSR count). The van der Waals surface area contributed by atoms with Gasteiger partial charge in [0.25, 0.3) is 11.8 Å². The van der Waals surface area contributed by atoms with Gasteiger partial charge in [0.1, 0.15) is 17.3 Å². The van der Waals surface area contributed by atoms with E-state index < -0.39 is 17.5 Å². The lowest BCUT2D eigenvalue weighted by atomic mass is 9.95. The van der Waals surface area contributed by atoms with E-state index in [1.807, 2.05) is 6.07 Å². The monoisotopic (exact) mass is 407 g/mol. The fraction of sp³-hybridized carbons (Fsp3) is 0.250. The van der Waals surface area contributed by atoms with Crippen LogP contribution in [0.2, 0.25) is 0 Å². The summed E-state index contributed by atoms with van der Waals surface area (Å²) in [6.07, 6.45) is 1.58. The summed E-state index contributed by atoms with van der Waals surface area (Å²) in [7, 11) is 1.53. The van der Waals surface area contributed by atoms with Crippen molar-refractivity contribution in [3.63, 3.8) is 0 Å². The van der Waals surface area contributed by atoms with Gasteiger partial charge in [-0.2, -0.15) is 4.98 Å². The number of fused-ring (bicyclic) bond motifs is 2. The molecule has 4 amide bonds. The van der Waals surface area contributed by atoms with Crippen LogP contribution in [-0.4, -0.2) is 46.4 Å². The van der Waals surface area contributed by atoms with Gasteiger partial charge in [-0.05, 0) is 30.7 Å². The average molecular weight is 407 g/mol. The number of furan rings is 1. The van der Waals surface area contributed by atoms with Crippen LogP contribution in [-0.2, 0) is 16.9 Å². The van der Waals surface area contributed by atoms with Crippen molar-refractivity contribution in [2.75, 3.05) is 13.7 Å². The van der Waals surface area contributed by atoms with Crippen molar-refractivity contribution in [1.82, 2.24) is 25.5 Å². The van der Waals surface area contributed by atoms with E-state index in [0.29, 0.717) is 34.8 Å². The number of aromatic nitrogens is 2. The summed E-state index contributed by atoms with van der Waals surface area (Å²) >= 11 is 0. The number of aryl methyl sites for hydroxylation is 1. The predicted molar refractivity (Wildman–Crippen MR) is 103 cm³/mol. The van der Waals surface area contributed by atoms with Gasteiger partial charge < -0.3 is 19.4 Å². The number of benzene rings is 1. The summed E-state index contributed by atoms with van der Waals surface area (Å²) in [6.45, 7) is 1.91. The predicted octanol–water partition coefficient (Wildman–Crippen LogP) is 1.23. The molecule has 1 atom stereocenters. The zero-order chi connectivity index (χ0) is 21.0. The van der Waals surface area contributed by atoms with Crippen molar-refractivity contribution in [3.05, 3.63) is 53.2 Å². The number of carbonyl (C=O) groups is 3. The molecule has 152 valence electrons. The summed E-state index contributed by atoms with van der Waals surface area (Å²) in [5.41, 5.74) is 0.0340. The number of urea groups is 1. The first-order chi connectivity index (χ1) is 14.4. The van der Waals surface area contributed by atoms with Crippen LogP contribution in [0.5, 0.6) is 5.75 Å². The molecular weight excluding hydrogens is 390 g/mol. The summed E-state index contributed by atoms with van der Waals surface area (Å²) in [6, 6.07) is 6.20. The second kappa shape index (κ2) is 6.28. The van der Waals surface area contributed by atoms with Gasteiger partial charge in [0.15, 0.2) is 5.54 Å². The third-order valence-electron chi connectivity index (χ3n) is 5.38. The van der Waals surface area contributed by atoms with Crippen molar-refractivity contribution < 1.29 is 23.5 Å². The summed E-state index contributed by atoms with van der Waals surface area (Å²) in [5.74, 6) is 0.400. The van der Waals surface area contributed by atoms with E-state index in [4.69, 9.17) is 9.15 Å². The number of carbonyl (C=O) groups excluding carboxylic acids is 3. The van der Waals surface area contributed by atoms with Gasteiger partial charge in [-0.3, -0.25) is 14.9 Å². The molecule has 0 bridgehead atoms. The summed E-state index contributed by atoms with van der Waals surface area (Å²) < 4.78 is 11.0. The Labute approximate surface area is 170 Å². The smallest absolute Gasteiger partial charge is 0.322 e. The van der Waals surface area contributed by atoms with Crippen LogP contribution in [0.25, 0.3) is 11.1 Å². The van der Waals surface area contributed by atoms with Crippen LogP contribution in [0.4, 0.5) is 4.79 Å². The standard InChI is InChI=1S/C20H17N5O5/c1-10-21-7-12-5-15(30-16(12)22-10)20(18(27)23-19(28)24-20)9-25-8-11-3-4-13(29-2)6-14(11)17(25)26/h3-7H,8-9H2,1-2H3,(H2,23,24,27,28). The molecule has 10 heteroatoms. The first-order valence-corrected chi connectivity index (χ1v) is 9.23. The van der Waals surface area contributed by atoms with E-state index in [1.54, 1.807) is 31.3 Å². The highest BCUT2D eigenvalue weighted by molar-refractivity contribution is 6.08. The Morgan fingerprint density at radius 1 is 1.27 bits per heavy atom. The van der Waals surface area contributed by atoms with Gasteiger partial charge in [-0.25, -0.2) is 9.78 Å². The van der Waals surface area contributed by atoms with Gasteiger partial charge in [0, 0.05) is 18.3 Å². The number of hydrogen-bond donors (Lipinski definition) is 2. The normalized spacial score (nSPS) is 20.5. The SMILES string of the molecule is COc1ccc2c(c1)C(=O)N(CC1(c3cc4cnc(C)nc4o3)NC(=O)NC1=O)C2. The van der Waals surface area contributed by atoms with Gasteiger partial charge in [-0.1, -0.05) is 6.07 Å². The molecule has 2 aromatic heterocycles. The van der Waals surface area contributed by atoms with E-state index >= 15 is 0 Å². The first-order valence-electron chi connectivity index (χ1n) is 9.23. The van der Waals surface area contributed by atoms with Crippen molar-refractivity contribution in [3.8, 4) is 5.75 Å². The lowest BCUT2D eigenvalue weighted by Crippen LogP contribution is -2.52. The molecule has 0 aliphatic carbocycles. The van der Waals surface area contributed by atoms with Gasteiger partial charge >= 0.3 is 6.03 Å². The van der Waals surface area contributed by atoms with Crippen LogP contribution in [0.15, 0.2) is 34.9 Å². The Morgan fingerprint density at radius 2 is 2.10 bits per heavy atom. The van der Waals surface area contributed by atoms with Crippen molar-refractivity contribution >= 4 is 28.9 Å². The van der Waals surface area contributed by atoms with Crippen molar-refractivity contribution in [2.24, 2.45) is 0 Å². The number of nitrogens with zero attached hydrogens (tertiary/aromatic N) is 3. The highest BCUT2D eigenvalue weighted by Crippen LogP contribution is 2.34. The third kappa shape index (κ3) is 2.60. The largest absolute Gasteiger partial charge is 0.497 e. The zero-order valence-corrected chi connectivity index (χ0v) is 16.2. The number of ether oxygens (including phenoxy) is 1. The second-order valence-electron chi connectivity index (χ2n) is 7.29. The summed E-state index contributed by atoms with van der Waals surface area (Å²) in [4.78, 5) is 47.8. The molecule has 1 aromatic carbocycles. The average Bonchev–Trinajstić information content (AvgIpc) is 3.36. The number of amides is 4. The lowest BCUT2D eigenvalue weighted by molar-refractivity contribution is -0.125. The molecule has 0 saturated carbocycles. The molecule has 10 nitrogen and oxygen atoms in total. The minimum Gasteiger partial charge on any atom is -0.497 e. The van der Waals surface area contributed by atoms with Crippen LogP contribution in [0.1, 0.15) is 27.5 Å². The molecule has 1 fully saturated rings. The molecule has 3 aromatic rings. The maximum atomic E-state index is 13.0. The second-order valence-corrected chi connectivity index (χ2v) is 7.29. The van der Waals surface area contributed by atoms with E-state index in [2.05, 4.69) is 20.6 Å². The zero-order valence-electron chi connectivity index (χ0n) is 16.2. The van der Waals surface area contributed by atoms with Gasteiger partial charge in [0.2, 0.25) is 5.71 Å². The van der Waals surface area contributed by atoms with Crippen LogP contribution in [0.3, 0.4) is 0 Å². The first kappa shape index (κ1) is 18.1. The fourth-order valence-electron chi connectivity index (χ4n) is 3.86. The highest BCUT2D eigenvalue weighted by Gasteiger charge is 2.53. The fourth-order valence-corrected chi connectivity index (χ4v) is 3.86. The maximum absolute atomic E-state index is 13.0. The molecular formula is C20H17N5O5. The lowest BCUT2D eigenvalue weighted by Gasteiger charge is -2.28. The molecule has 4 heterocycles. The molecule has 2 aliphatic rings. The van der Waals surface area contributed by atoms with Gasteiger partial charge in [-0.15, -0.1) is 0 Å². The van der Waals surface area contributed by atoms with Crippen molar-refractivity contribution in [2.45, 2.75) is 19.0 Å². The Morgan fingerprint density at radius 3 is 2.83 bits per heavy atom. The van der Waals surface area contributed by atoms with Gasteiger partial charge in [0.05, 0.1) is 19.0 Å². The quantitative estimate of drug-likeness (QED) is 0.623.